The molecule has 0 aromatic carbocycles. The summed E-state index contributed by atoms with van der Waals surface area (Å²) in [5.41, 5.74) is 0. The maximum atomic E-state index is 11.0. The number of hydrogen-bond donors (Lipinski definition) is 2. The van der Waals surface area contributed by atoms with Crippen LogP contribution in [0.4, 0.5) is 0 Å². The summed E-state index contributed by atoms with van der Waals surface area (Å²) in [7, 11) is 0. The quantitative estimate of drug-likeness (QED) is 0.0451. The van der Waals surface area contributed by atoms with E-state index in [-0.39, 0.29) is 19.3 Å². The first-order chi connectivity index (χ1) is 20.3. The predicted molar refractivity (Wildman–Crippen MR) is 170 cm³/mol. The molecule has 0 saturated carbocycles. The highest BCUT2D eigenvalue weighted by atomic mass is 16.4. The molecule has 0 radical (unpaired) electrons. The van der Waals surface area contributed by atoms with E-state index in [0.717, 1.165) is 75.6 Å². The fraction of sp³-hybridized carbons (Fsp3) is 0.857. The number of unbranched alkanes of at least 4 members (excludes halogenated alkanes) is 17. The molecule has 0 atom stereocenters. The van der Waals surface area contributed by atoms with Gasteiger partial charge in [0.15, 0.2) is 0 Å². The van der Waals surface area contributed by atoms with Crippen molar-refractivity contribution < 1.29 is 34.2 Å². The Kier molecular flexibility index (Phi) is 27.9. The SMILES string of the molecule is CCCCCCCCCCCCCC/C=C/CCCC[N+](CCCCC(=O)[O-])(CCCCC(=O)O)CCCCC(=O)O. The van der Waals surface area contributed by atoms with Gasteiger partial charge in [0.1, 0.15) is 0 Å². The van der Waals surface area contributed by atoms with Crippen LogP contribution >= 0.6 is 0 Å². The van der Waals surface area contributed by atoms with E-state index in [1.807, 2.05) is 0 Å². The summed E-state index contributed by atoms with van der Waals surface area (Å²) in [6, 6.07) is 0. The van der Waals surface area contributed by atoms with E-state index in [9.17, 15) is 19.5 Å². The number of carboxylic acids is 3. The van der Waals surface area contributed by atoms with Crippen LogP contribution in [0.1, 0.15) is 167 Å². The van der Waals surface area contributed by atoms with Crippen LogP contribution in [0.5, 0.6) is 0 Å². The lowest BCUT2D eigenvalue weighted by Crippen LogP contribution is -2.51. The van der Waals surface area contributed by atoms with Crippen molar-refractivity contribution >= 4 is 17.9 Å². The van der Waals surface area contributed by atoms with Gasteiger partial charge in [0.2, 0.25) is 0 Å². The second-order valence-corrected chi connectivity index (χ2v) is 12.4. The van der Waals surface area contributed by atoms with Crippen molar-refractivity contribution in [1.29, 1.82) is 0 Å². The van der Waals surface area contributed by atoms with Crippen LogP contribution in [-0.4, -0.2) is 58.8 Å². The Labute approximate surface area is 257 Å². The molecular formula is C35H65NO6. The van der Waals surface area contributed by atoms with Gasteiger partial charge >= 0.3 is 11.9 Å². The molecular weight excluding hydrogens is 530 g/mol. The molecule has 0 rings (SSSR count). The predicted octanol–water partition coefficient (Wildman–Crippen LogP) is 8.05. The van der Waals surface area contributed by atoms with Crippen molar-refractivity contribution in [3.8, 4) is 0 Å². The van der Waals surface area contributed by atoms with Crippen LogP contribution in [0.15, 0.2) is 12.2 Å². The first kappa shape index (κ1) is 40.1. The van der Waals surface area contributed by atoms with E-state index in [2.05, 4.69) is 19.1 Å². The van der Waals surface area contributed by atoms with Crippen LogP contribution in [0.25, 0.3) is 0 Å². The summed E-state index contributed by atoms with van der Waals surface area (Å²) < 4.78 is 0.828. The van der Waals surface area contributed by atoms with Crippen LogP contribution < -0.4 is 5.11 Å². The number of rotatable bonds is 33. The second kappa shape index (κ2) is 29.2. The van der Waals surface area contributed by atoms with Gasteiger partial charge in [-0.25, -0.2) is 0 Å². The second-order valence-electron chi connectivity index (χ2n) is 12.4. The zero-order valence-electron chi connectivity index (χ0n) is 27.1. The Hall–Kier alpha value is -1.89. The van der Waals surface area contributed by atoms with Gasteiger partial charge in [0.05, 0.1) is 26.2 Å². The zero-order chi connectivity index (χ0) is 31.2. The molecule has 7 heteroatoms. The normalized spacial score (nSPS) is 11.8. The Morgan fingerprint density at radius 3 is 1.21 bits per heavy atom. The Bertz CT molecular complexity index is 638. The molecule has 0 aliphatic heterocycles. The Morgan fingerprint density at radius 2 is 0.833 bits per heavy atom. The summed E-state index contributed by atoms with van der Waals surface area (Å²) in [6.07, 6.45) is 30.1. The lowest BCUT2D eigenvalue weighted by atomic mass is 10.0. The van der Waals surface area contributed by atoms with E-state index in [4.69, 9.17) is 10.2 Å². The molecule has 0 saturated heterocycles. The van der Waals surface area contributed by atoms with Gasteiger partial charge in [-0.3, -0.25) is 9.59 Å². The maximum absolute atomic E-state index is 11.0. The molecule has 7 nitrogen and oxygen atoms in total. The number of carbonyl (C=O) groups excluding carboxylic acids is 1. The number of allylic oxidation sites excluding steroid dienone is 2. The minimum atomic E-state index is -1.02. The first-order valence-electron chi connectivity index (χ1n) is 17.4. The molecule has 0 aromatic heterocycles. The summed E-state index contributed by atoms with van der Waals surface area (Å²) in [6.45, 7) is 5.81. The van der Waals surface area contributed by atoms with Gasteiger partial charge in [-0.2, -0.15) is 0 Å². The van der Waals surface area contributed by atoms with Gasteiger partial charge in [0, 0.05) is 18.8 Å². The van der Waals surface area contributed by atoms with Crippen molar-refractivity contribution in [3.05, 3.63) is 12.2 Å². The van der Waals surface area contributed by atoms with E-state index in [0.29, 0.717) is 19.3 Å². The van der Waals surface area contributed by atoms with Crippen LogP contribution in [0, 0.1) is 0 Å². The van der Waals surface area contributed by atoms with Crippen molar-refractivity contribution in [1.82, 2.24) is 0 Å². The Morgan fingerprint density at radius 1 is 0.500 bits per heavy atom. The standard InChI is InChI=1S/C35H65NO6/c1-2-3-4-5-6-7-8-9-10-11-12-13-14-15-16-17-18-22-29-36(30-23-19-26-33(37)38,31-24-20-27-34(39)40)32-25-21-28-35(41)42/h15-16H,2-14,17-32H2,1H3,(H2-,37,38,39,40,41,42)/b16-15+. The fourth-order valence-corrected chi connectivity index (χ4v) is 5.88. The highest BCUT2D eigenvalue weighted by molar-refractivity contribution is 5.66. The number of carbonyl (C=O) groups is 3. The molecule has 246 valence electrons. The van der Waals surface area contributed by atoms with E-state index >= 15 is 0 Å². The highest BCUT2D eigenvalue weighted by Gasteiger charge is 2.26. The Balaban J connectivity index is 4.39. The third kappa shape index (κ3) is 28.2. The van der Waals surface area contributed by atoms with Crippen molar-refractivity contribution in [2.45, 2.75) is 167 Å². The van der Waals surface area contributed by atoms with Crippen LogP contribution in [0.2, 0.25) is 0 Å². The molecule has 0 aliphatic carbocycles. The average Bonchev–Trinajstić information content (AvgIpc) is 2.94. The molecule has 0 unspecified atom stereocenters. The van der Waals surface area contributed by atoms with Crippen molar-refractivity contribution in [2.75, 3.05) is 26.2 Å². The fourth-order valence-electron chi connectivity index (χ4n) is 5.88. The molecule has 0 amide bonds. The zero-order valence-corrected chi connectivity index (χ0v) is 27.1. The maximum Gasteiger partial charge on any atom is 0.303 e. The van der Waals surface area contributed by atoms with Gasteiger partial charge < -0.3 is 24.6 Å². The molecule has 0 aliphatic rings. The number of carboxylic acid groups (broad SMARTS) is 3. The number of hydrogen-bond acceptors (Lipinski definition) is 4. The van der Waals surface area contributed by atoms with Gasteiger partial charge in [-0.05, 0) is 77.0 Å². The molecule has 0 fully saturated rings. The van der Waals surface area contributed by atoms with Gasteiger partial charge in [-0.15, -0.1) is 0 Å². The molecule has 42 heavy (non-hydrogen) atoms. The monoisotopic (exact) mass is 595 g/mol. The number of aliphatic carboxylic acids is 3. The van der Waals surface area contributed by atoms with E-state index in [1.165, 1.54) is 77.0 Å². The minimum Gasteiger partial charge on any atom is -0.550 e. The first-order valence-corrected chi connectivity index (χ1v) is 17.4. The third-order valence-electron chi connectivity index (χ3n) is 8.45. The molecule has 0 aromatic rings. The van der Waals surface area contributed by atoms with E-state index in [1.54, 1.807) is 0 Å². The lowest BCUT2D eigenvalue weighted by molar-refractivity contribution is -0.929. The van der Waals surface area contributed by atoms with Crippen molar-refractivity contribution in [3.63, 3.8) is 0 Å². The largest absolute Gasteiger partial charge is 0.550 e. The minimum absolute atomic E-state index is 0.0576. The number of nitrogens with zero attached hydrogens (tertiary/aromatic N) is 1. The summed E-state index contributed by atoms with van der Waals surface area (Å²) in [4.78, 5) is 32.9. The topological polar surface area (TPSA) is 115 Å². The summed E-state index contributed by atoms with van der Waals surface area (Å²) in [5, 5.41) is 29.0. The number of quaternary nitrogens is 1. The summed E-state index contributed by atoms with van der Waals surface area (Å²) in [5.74, 6) is -2.58. The van der Waals surface area contributed by atoms with Gasteiger partial charge in [-0.1, -0.05) is 89.7 Å². The molecule has 0 bridgehead atoms. The van der Waals surface area contributed by atoms with Crippen LogP contribution in [0.3, 0.4) is 0 Å². The molecule has 2 N–H and O–H groups in total. The van der Waals surface area contributed by atoms with Gasteiger partial charge in [0.25, 0.3) is 0 Å². The average molecular weight is 596 g/mol. The lowest BCUT2D eigenvalue weighted by Gasteiger charge is -2.39. The third-order valence-corrected chi connectivity index (χ3v) is 8.45. The van der Waals surface area contributed by atoms with Crippen LogP contribution in [-0.2, 0) is 14.4 Å². The van der Waals surface area contributed by atoms with E-state index < -0.39 is 17.9 Å². The summed E-state index contributed by atoms with van der Waals surface area (Å²) >= 11 is 0. The highest BCUT2D eigenvalue weighted by Crippen LogP contribution is 2.19. The molecule has 0 spiro atoms. The van der Waals surface area contributed by atoms with Crippen molar-refractivity contribution in [2.24, 2.45) is 0 Å². The molecule has 0 heterocycles. The smallest absolute Gasteiger partial charge is 0.303 e.